The zero-order valence-corrected chi connectivity index (χ0v) is 14.0. The number of aryl methyl sites for hydroxylation is 1. The summed E-state index contributed by atoms with van der Waals surface area (Å²) in [6.07, 6.45) is 0. The van der Waals surface area contributed by atoms with Crippen LogP contribution in [0.15, 0.2) is 23.1 Å². The molecule has 2 rings (SSSR count). The van der Waals surface area contributed by atoms with Gasteiger partial charge >= 0.3 is 0 Å². The van der Waals surface area contributed by atoms with Crippen molar-refractivity contribution in [1.29, 1.82) is 0 Å². The van der Waals surface area contributed by atoms with Gasteiger partial charge in [-0.15, -0.1) is 11.8 Å². The Morgan fingerprint density at radius 1 is 1.06 bits per heavy atom. The predicted octanol–water partition coefficient (Wildman–Crippen LogP) is 5.82. The molecule has 1 aromatic carbocycles. The minimum atomic E-state index is 0.273. The first kappa shape index (κ1) is 15.6. The third-order valence-electron chi connectivity index (χ3n) is 4.38. The van der Waals surface area contributed by atoms with Crippen LogP contribution in [0.4, 0.5) is 0 Å². The van der Waals surface area contributed by atoms with Gasteiger partial charge in [0.05, 0.1) is 0 Å². The molecule has 0 N–H and O–H groups in total. The molecule has 0 saturated heterocycles. The van der Waals surface area contributed by atoms with Gasteiger partial charge in [0, 0.05) is 9.64 Å². The highest BCUT2D eigenvalue weighted by atomic mass is 32.2. The molecular formula is C17H28S. The van der Waals surface area contributed by atoms with Crippen molar-refractivity contribution in [3.63, 3.8) is 0 Å². The maximum absolute atomic E-state index is 2.39. The van der Waals surface area contributed by atoms with E-state index in [0.29, 0.717) is 10.7 Å². The van der Waals surface area contributed by atoms with Gasteiger partial charge in [-0.25, -0.2) is 0 Å². The molecule has 1 aliphatic rings. The molecular weight excluding hydrogens is 236 g/mol. The number of fused-ring (bicyclic) bond motifs is 1. The van der Waals surface area contributed by atoms with E-state index in [-0.39, 0.29) is 5.41 Å². The van der Waals surface area contributed by atoms with Crippen LogP contribution in [0, 0.1) is 12.8 Å². The zero-order valence-electron chi connectivity index (χ0n) is 13.2. The number of hydrogen-bond donors (Lipinski definition) is 0. The van der Waals surface area contributed by atoms with E-state index in [1.807, 2.05) is 25.6 Å². The second-order valence-electron chi connectivity index (χ2n) is 6.10. The average molecular weight is 264 g/mol. The molecule has 1 aromatic rings. The molecule has 1 aliphatic heterocycles. The fourth-order valence-corrected chi connectivity index (χ4v) is 4.72. The molecule has 0 nitrogen and oxygen atoms in total. The standard InChI is InChI=1S/C15H22S.C2H6/c1-10-8-7-9-12-13(10)14(3,4)11(2)15(5,6)16-12;1-2/h7-9,11H,1-6H3;1-2H3. The summed E-state index contributed by atoms with van der Waals surface area (Å²) in [5, 5.41) is 0. The van der Waals surface area contributed by atoms with Crippen molar-refractivity contribution in [3.8, 4) is 0 Å². The van der Waals surface area contributed by atoms with Crippen molar-refractivity contribution in [3.05, 3.63) is 29.3 Å². The maximum atomic E-state index is 2.39. The Labute approximate surface area is 118 Å². The first-order valence-electron chi connectivity index (χ1n) is 7.06. The van der Waals surface area contributed by atoms with Crippen LogP contribution < -0.4 is 0 Å². The summed E-state index contributed by atoms with van der Waals surface area (Å²) < 4.78 is 0.324. The van der Waals surface area contributed by atoms with Crippen molar-refractivity contribution >= 4 is 11.8 Å². The fraction of sp³-hybridized carbons (Fsp3) is 0.647. The van der Waals surface area contributed by atoms with Crippen LogP contribution in [-0.4, -0.2) is 4.75 Å². The van der Waals surface area contributed by atoms with E-state index >= 15 is 0 Å². The molecule has 102 valence electrons. The van der Waals surface area contributed by atoms with Gasteiger partial charge in [0.25, 0.3) is 0 Å². The first-order valence-corrected chi connectivity index (χ1v) is 7.87. The Morgan fingerprint density at radius 3 is 2.17 bits per heavy atom. The Balaban J connectivity index is 0.000000771. The summed E-state index contributed by atoms with van der Waals surface area (Å²) in [7, 11) is 0. The highest BCUT2D eigenvalue weighted by Gasteiger charge is 2.45. The van der Waals surface area contributed by atoms with Gasteiger partial charge in [0.2, 0.25) is 0 Å². The lowest BCUT2D eigenvalue weighted by molar-refractivity contribution is 0.275. The third-order valence-corrected chi connectivity index (χ3v) is 5.82. The molecule has 1 atom stereocenters. The van der Waals surface area contributed by atoms with Crippen molar-refractivity contribution in [2.75, 3.05) is 0 Å². The molecule has 18 heavy (non-hydrogen) atoms. The maximum Gasteiger partial charge on any atom is 0.0184 e. The smallest absolute Gasteiger partial charge is 0.0184 e. The topological polar surface area (TPSA) is 0 Å². The zero-order chi connectivity index (χ0) is 14.1. The van der Waals surface area contributed by atoms with Crippen LogP contribution in [0.1, 0.15) is 59.6 Å². The summed E-state index contributed by atoms with van der Waals surface area (Å²) in [5.41, 5.74) is 3.28. The van der Waals surface area contributed by atoms with Gasteiger partial charge in [-0.1, -0.05) is 60.6 Å². The van der Waals surface area contributed by atoms with Crippen molar-refractivity contribution in [2.24, 2.45) is 5.92 Å². The largest absolute Gasteiger partial charge is 0.119 e. The molecule has 1 heteroatoms. The number of rotatable bonds is 0. The van der Waals surface area contributed by atoms with Crippen LogP contribution in [-0.2, 0) is 5.41 Å². The Morgan fingerprint density at radius 2 is 1.61 bits per heavy atom. The average Bonchev–Trinajstić information content (AvgIpc) is 2.28. The van der Waals surface area contributed by atoms with E-state index in [1.165, 1.54) is 10.5 Å². The summed E-state index contributed by atoms with van der Waals surface area (Å²) in [5.74, 6) is 0.679. The Kier molecular flexibility index (Phi) is 4.59. The number of hydrogen-bond acceptors (Lipinski definition) is 1. The normalized spacial score (nSPS) is 23.7. The predicted molar refractivity (Wildman–Crippen MR) is 84.7 cm³/mol. The van der Waals surface area contributed by atoms with Crippen molar-refractivity contribution < 1.29 is 0 Å². The van der Waals surface area contributed by atoms with Crippen LogP contribution in [0.25, 0.3) is 0 Å². The van der Waals surface area contributed by atoms with Gasteiger partial charge in [-0.05, 0) is 35.4 Å². The lowest BCUT2D eigenvalue weighted by Gasteiger charge is -2.48. The lowest BCUT2D eigenvalue weighted by Crippen LogP contribution is -2.43. The van der Waals surface area contributed by atoms with E-state index in [0.717, 1.165) is 0 Å². The summed E-state index contributed by atoms with van der Waals surface area (Å²) in [4.78, 5) is 1.48. The van der Waals surface area contributed by atoms with Crippen LogP contribution in [0.3, 0.4) is 0 Å². The summed E-state index contributed by atoms with van der Waals surface area (Å²) in [6.45, 7) is 18.2. The molecule has 0 fully saturated rings. The molecule has 0 radical (unpaired) electrons. The highest BCUT2D eigenvalue weighted by molar-refractivity contribution is 8.00. The molecule has 0 bridgehead atoms. The van der Waals surface area contributed by atoms with E-state index in [2.05, 4.69) is 59.7 Å². The van der Waals surface area contributed by atoms with E-state index in [4.69, 9.17) is 0 Å². The van der Waals surface area contributed by atoms with Gasteiger partial charge in [-0.3, -0.25) is 0 Å². The molecule has 0 amide bonds. The summed E-state index contributed by atoms with van der Waals surface area (Å²) >= 11 is 2.04. The minimum Gasteiger partial charge on any atom is -0.119 e. The third kappa shape index (κ3) is 2.47. The van der Waals surface area contributed by atoms with Crippen LogP contribution >= 0.6 is 11.8 Å². The van der Waals surface area contributed by atoms with Gasteiger partial charge in [0.1, 0.15) is 0 Å². The van der Waals surface area contributed by atoms with E-state index in [1.54, 1.807) is 5.56 Å². The van der Waals surface area contributed by atoms with Gasteiger partial charge < -0.3 is 0 Å². The van der Waals surface area contributed by atoms with Gasteiger partial charge in [0.15, 0.2) is 0 Å². The van der Waals surface area contributed by atoms with E-state index in [9.17, 15) is 0 Å². The molecule has 0 aliphatic carbocycles. The van der Waals surface area contributed by atoms with Crippen LogP contribution in [0.5, 0.6) is 0 Å². The Bertz CT molecular complexity index is 416. The first-order chi connectivity index (χ1) is 8.27. The molecule has 0 saturated carbocycles. The SMILES string of the molecule is CC.Cc1cccc2c1C(C)(C)C(C)C(C)(C)S2. The minimum absolute atomic E-state index is 0.273. The molecule has 1 heterocycles. The Hall–Kier alpha value is -0.430. The van der Waals surface area contributed by atoms with Gasteiger partial charge in [-0.2, -0.15) is 0 Å². The van der Waals surface area contributed by atoms with Crippen LogP contribution in [0.2, 0.25) is 0 Å². The van der Waals surface area contributed by atoms with Crippen molar-refractivity contribution in [1.82, 2.24) is 0 Å². The van der Waals surface area contributed by atoms with Crippen molar-refractivity contribution in [2.45, 2.75) is 70.4 Å². The molecule has 1 unspecified atom stereocenters. The molecule has 0 spiro atoms. The lowest BCUT2D eigenvalue weighted by atomic mass is 9.68. The quantitative estimate of drug-likeness (QED) is 0.569. The molecule has 0 aromatic heterocycles. The fourth-order valence-electron chi connectivity index (χ4n) is 3.01. The monoisotopic (exact) mass is 264 g/mol. The highest BCUT2D eigenvalue weighted by Crippen LogP contribution is 2.55. The number of thioether (sulfide) groups is 1. The van der Waals surface area contributed by atoms with E-state index < -0.39 is 0 Å². The second-order valence-corrected chi connectivity index (χ2v) is 7.79. The number of benzene rings is 1. The summed E-state index contributed by atoms with van der Waals surface area (Å²) in [6, 6.07) is 6.71. The second kappa shape index (κ2) is 5.28.